The number of rotatable bonds is 3. The first-order chi connectivity index (χ1) is 17.1. The quantitative estimate of drug-likeness (QED) is 0.325. The number of ether oxygens (including phenoxy) is 1. The predicted octanol–water partition coefficient (Wildman–Crippen LogP) is 6.57. The Hall–Kier alpha value is -3.16. The van der Waals surface area contributed by atoms with Gasteiger partial charge in [0.25, 0.3) is 0 Å². The van der Waals surface area contributed by atoms with Crippen LogP contribution < -0.4 is 9.80 Å². The van der Waals surface area contributed by atoms with Gasteiger partial charge in [0, 0.05) is 41.5 Å². The minimum atomic E-state index is -0.339. The monoisotopic (exact) mass is 489 g/mol. The molecule has 0 unspecified atom stereocenters. The molecule has 0 bridgehead atoms. The maximum atomic E-state index is 15.4. The van der Waals surface area contributed by atoms with Crippen LogP contribution in [0.15, 0.2) is 65.6 Å². The molecule has 2 aliphatic heterocycles. The zero-order valence-corrected chi connectivity index (χ0v) is 20.2. The van der Waals surface area contributed by atoms with Crippen LogP contribution in [0.5, 0.6) is 0 Å². The average molecular weight is 490 g/mol. The lowest BCUT2D eigenvalue weighted by Gasteiger charge is -2.35. The first-order valence-corrected chi connectivity index (χ1v) is 12.8. The van der Waals surface area contributed by atoms with Crippen LogP contribution in [0.4, 0.5) is 25.8 Å². The highest BCUT2D eigenvalue weighted by Crippen LogP contribution is 2.46. The summed E-state index contributed by atoms with van der Waals surface area (Å²) in [5.41, 5.74) is 5.18. The Balaban J connectivity index is 1.58. The standard InChI is InChI=1S/C28H25F2N3OS/c1-18-27(20-5-2-3-6-21(20)29)31-23-8-4-7-22(30)26(23)28(18)33-13-16-35-25-10-9-19(17-24(25)33)32-11-14-34-15-12-32/h2-10,17H,11-16H2,1H3. The fraction of sp³-hybridized carbons (Fsp3) is 0.250. The predicted molar refractivity (Wildman–Crippen MR) is 139 cm³/mol. The Bertz CT molecular complexity index is 1420. The molecule has 4 nitrogen and oxygen atoms in total. The minimum Gasteiger partial charge on any atom is -0.378 e. The third-order valence-corrected chi connectivity index (χ3v) is 7.79. The van der Waals surface area contributed by atoms with Crippen LogP contribution in [0.25, 0.3) is 22.2 Å². The van der Waals surface area contributed by atoms with Gasteiger partial charge in [0.15, 0.2) is 0 Å². The van der Waals surface area contributed by atoms with Crippen LogP contribution in [0.2, 0.25) is 0 Å². The highest BCUT2D eigenvalue weighted by atomic mass is 32.2. The van der Waals surface area contributed by atoms with Crippen LogP contribution in [0.3, 0.4) is 0 Å². The van der Waals surface area contributed by atoms with Crippen molar-refractivity contribution in [1.82, 2.24) is 4.98 Å². The molecular formula is C28H25F2N3OS. The molecule has 2 aliphatic rings. The SMILES string of the molecule is Cc1c(-c2ccccc2F)nc2cccc(F)c2c1N1CCSc2ccc(N3CCOCC3)cc21. The van der Waals surface area contributed by atoms with Gasteiger partial charge >= 0.3 is 0 Å². The van der Waals surface area contributed by atoms with Gasteiger partial charge < -0.3 is 14.5 Å². The number of anilines is 3. The normalized spacial score (nSPS) is 16.0. The van der Waals surface area contributed by atoms with Crippen LogP contribution >= 0.6 is 11.8 Å². The summed E-state index contributed by atoms with van der Waals surface area (Å²) >= 11 is 1.81. The Morgan fingerprint density at radius 3 is 2.54 bits per heavy atom. The van der Waals surface area contributed by atoms with E-state index in [0.717, 1.165) is 52.9 Å². The van der Waals surface area contributed by atoms with Crippen LogP contribution in [-0.2, 0) is 4.74 Å². The molecule has 35 heavy (non-hydrogen) atoms. The van der Waals surface area contributed by atoms with Crippen molar-refractivity contribution in [2.24, 2.45) is 0 Å². The highest BCUT2D eigenvalue weighted by Gasteiger charge is 2.27. The number of nitrogens with zero attached hydrogens (tertiary/aromatic N) is 3. The molecular weight excluding hydrogens is 464 g/mol. The van der Waals surface area contributed by atoms with Gasteiger partial charge in [0.05, 0.1) is 41.2 Å². The van der Waals surface area contributed by atoms with Crippen molar-refractivity contribution in [3.8, 4) is 11.3 Å². The fourth-order valence-electron chi connectivity index (χ4n) is 5.05. The Labute approximate surface area is 207 Å². The zero-order valence-electron chi connectivity index (χ0n) is 19.4. The second-order valence-electron chi connectivity index (χ2n) is 8.80. The number of hydrogen-bond donors (Lipinski definition) is 0. The molecule has 1 fully saturated rings. The second-order valence-corrected chi connectivity index (χ2v) is 9.94. The summed E-state index contributed by atoms with van der Waals surface area (Å²) in [5, 5.41) is 0.472. The third-order valence-electron chi connectivity index (χ3n) is 6.75. The Morgan fingerprint density at radius 1 is 0.914 bits per heavy atom. The molecule has 1 aromatic heterocycles. The van der Waals surface area contributed by atoms with E-state index in [4.69, 9.17) is 9.72 Å². The molecule has 0 amide bonds. The fourth-order valence-corrected chi connectivity index (χ4v) is 6.03. The molecule has 178 valence electrons. The van der Waals surface area contributed by atoms with Crippen molar-refractivity contribution in [3.05, 3.63) is 77.9 Å². The summed E-state index contributed by atoms with van der Waals surface area (Å²) in [6.45, 7) is 5.74. The molecule has 4 aromatic rings. The number of fused-ring (bicyclic) bond motifs is 2. The van der Waals surface area contributed by atoms with Crippen molar-refractivity contribution in [2.45, 2.75) is 11.8 Å². The Kier molecular flexibility index (Phi) is 5.82. The molecule has 0 aliphatic carbocycles. The van der Waals surface area contributed by atoms with E-state index in [1.165, 1.54) is 12.1 Å². The van der Waals surface area contributed by atoms with E-state index in [2.05, 4.69) is 28.0 Å². The van der Waals surface area contributed by atoms with Gasteiger partial charge in [-0.05, 0) is 55.0 Å². The van der Waals surface area contributed by atoms with Crippen molar-refractivity contribution < 1.29 is 13.5 Å². The summed E-state index contributed by atoms with van der Waals surface area (Å²) in [5.74, 6) is 0.211. The van der Waals surface area contributed by atoms with E-state index in [-0.39, 0.29) is 11.6 Å². The van der Waals surface area contributed by atoms with E-state index < -0.39 is 0 Å². The largest absolute Gasteiger partial charge is 0.378 e. The zero-order chi connectivity index (χ0) is 23.9. The summed E-state index contributed by atoms with van der Waals surface area (Å²) in [4.78, 5) is 10.4. The summed E-state index contributed by atoms with van der Waals surface area (Å²) < 4.78 is 35.8. The lowest BCUT2D eigenvalue weighted by Crippen LogP contribution is -2.36. The first-order valence-electron chi connectivity index (χ1n) is 11.8. The van der Waals surface area contributed by atoms with Gasteiger partial charge in [-0.15, -0.1) is 11.8 Å². The Morgan fingerprint density at radius 2 is 1.71 bits per heavy atom. The van der Waals surface area contributed by atoms with Crippen LogP contribution in [0.1, 0.15) is 5.56 Å². The summed E-state index contributed by atoms with van der Waals surface area (Å²) in [7, 11) is 0. The number of halogens is 2. The number of morpholine rings is 1. The smallest absolute Gasteiger partial charge is 0.134 e. The van der Waals surface area contributed by atoms with Crippen LogP contribution in [0, 0.1) is 18.6 Å². The number of thioether (sulfide) groups is 1. The first kappa shape index (κ1) is 22.3. The summed E-state index contributed by atoms with van der Waals surface area (Å²) in [6, 6.07) is 18.1. The van der Waals surface area contributed by atoms with Gasteiger partial charge in [-0.3, -0.25) is 0 Å². The number of aromatic nitrogens is 1. The molecule has 3 heterocycles. The van der Waals surface area contributed by atoms with Gasteiger partial charge in [0.1, 0.15) is 11.6 Å². The number of benzene rings is 3. The summed E-state index contributed by atoms with van der Waals surface area (Å²) in [6.07, 6.45) is 0. The topological polar surface area (TPSA) is 28.6 Å². The molecule has 0 atom stereocenters. The highest BCUT2D eigenvalue weighted by molar-refractivity contribution is 7.99. The van der Waals surface area contributed by atoms with Gasteiger partial charge in [-0.25, -0.2) is 13.8 Å². The van der Waals surface area contributed by atoms with Crippen molar-refractivity contribution >= 4 is 39.7 Å². The minimum absolute atomic E-state index is 0.322. The second kappa shape index (κ2) is 9.13. The van der Waals surface area contributed by atoms with Crippen molar-refractivity contribution in [1.29, 1.82) is 0 Å². The number of pyridine rings is 1. The molecule has 0 saturated carbocycles. The van der Waals surface area contributed by atoms with Crippen molar-refractivity contribution in [2.75, 3.05) is 48.4 Å². The van der Waals surface area contributed by atoms with E-state index >= 15 is 4.39 Å². The average Bonchev–Trinajstić information content (AvgIpc) is 2.89. The molecule has 0 N–H and O–H groups in total. The maximum Gasteiger partial charge on any atom is 0.134 e. The van der Waals surface area contributed by atoms with E-state index in [0.29, 0.717) is 35.4 Å². The van der Waals surface area contributed by atoms with Gasteiger partial charge in [-0.1, -0.05) is 18.2 Å². The maximum absolute atomic E-state index is 15.4. The van der Waals surface area contributed by atoms with E-state index in [1.54, 1.807) is 42.1 Å². The molecule has 0 radical (unpaired) electrons. The van der Waals surface area contributed by atoms with Crippen LogP contribution in [-0.4, -0.2) is 43.6 Å². The molecule has 1 saturated heterocycles. The molecule has 7 heteroatoms. The van der Waals surface area contributed by atoms with E-state index in [9.17, 15) is 4.39 Å². The molecule has 6 rings (SSSR count). The molecule has 3 aromatic carbocycles. The third kappa shape index (κ3) is 3.93. The lowest BCUT2D eigenvalue weighted by molar-refractivity contribution is 0.122. The van der Waals surface area contributed by atoms with Crippen molar-refractivity contribution in [3.63, 3.8) is 0 Å². The lowest BCUT2D eigenvalue weighted by atomic mass is 9.99. The number of hydrogen-bond acceptors (Lipinski definition) is 5. The molecule has 0 spiro atoms. The van der Waals surface area contributed by atoms with E-state index in [1.807, 2.05) is 6.92 Å². The van der Waals surface area contributed by atoms with Gasteiger partial charge in [-0.2, -0.15) is 0 Å². The van der Waals surface area contributed by atoms with Gasteiger partial charge in [0.2, 0.25) is 0 Å².